The van der Waals surface area contributed by atoms with Crippen molar-refractivity contribution in [1.82, 2.24) is 20.2 Å². The molecule has 1 fully saturated rings. The van der Waals surface area contributed by atoms with E-state index in [1.54, 1.807) is 0 Å². The number of nitrogens with one attached hydrogen (secondary N) is 2. The van der Waals surface area contributed by atoms with Gasteiger partial charge in [-0.25, -0.2) is 4.98 Å². The van der Waals surface area contributed by atoms with Gasteiger partial charge < -0.3 is 9.30 Å². The van der Waals surface area contributed by atoms with Crippen LogP contribution in [0.3, 0.4) is 0 Å². The fraction of sp³-hybridized carbons (Fsp3) is 0.526. The molecule has 0 bridgehead atoms. The Morgan fingerprint density at radius 1 is 1.16 bits per heavy atom. The van der Waals surface area contributed by atoms with Crippen LogP contribution in [0.5, 0.6) is 0 Å². The molecule has 0 amide bonds. The molecular weight excluding hydrogens is 328 g/mol. The minimum Gasteiger partial charge on any atom is -0.361 e. The zero-order chi connectivity index (χ0) is 17.9. The Hall–Kier alpha value is -1.47. The minimum absolute atomic E-state index is 0.269. The first kappa shape index (κ1) is 18.3. The third kappa shape index (κ3) is 4.79. The lowest BCUT2D eigenvalue weighted by atomic mass is 10.1. The van der Waals surface area contributed by atoms with E-state index in [-0.39, 0.29) is 6.17 Å². The van der Waals surface area contributed by atoms with Crippen molar-refractivity contribution < 1.29 is 4.74 Å². The van der Waals surface area contributed by atoms with E-state index in [0.29, 0.717) is 6.73 Å². The summed E-state index contributed by atoms with van der Waals surface area (Å²) in [7, 11) is -1.05. The Morgan fingerprint density at radius 2 is 1.84 bits per heavy atom. The van der Waals surface area contributed by atoms with E-state index >= 15 is 0 Å². The summed E-state index contributed by atoms with van der Waals surface area (Å²) in [5.41, 5.74) is 3.57. The summed E-state index contributed by atoms with van der Waals surface area (Å²) >= 11 is 0. The molecule has 6 heteroatoms. The van der Waals surface area contributed by atoms with Crippen molar-refractivity contribution in [3.8, 4) is 11.3 Å². The number of nitrogens with zero attached hydrogens (tertiary/aromatic N) is 2. The van der Waals surface area contributed by atoms with Gasteiger partial charge in [0.15, 0.2) is 0 Å². The molecule has 2 aromatic rings. The first-order chi connectivity index (χ1) is 11.9. The molecule has 0 radical (unpaired) electrons. The summed E-state index contributed by atoms with van der Waals surface area (Å²) in [5, 5.41) is 6.90. The summed E-state index contributed by atoms with van der Waals surface area (Å²) in [4.78, 5) is 4.49. The third-order valence-corrected chi connectivity index (χ3v) is 6.34. The zero-order valence-electron chi connectivity index (χ0n) is 15.8. The van der Waals surface area contributed by atoms with E-state index in [9.17, 15) is 0 Å². The lowest BCUT2D eigenvalue weighted by Gasteiger charge is -2.17. The van der Waals surface area contributed by atoms with Crippen molar-refractivity contribution in [2.75, 3.05) is 19.7 Å². The van der Waals surface area contributed by atoms with Crippen LogP contribution in [0.15, 0.2) is 30.5 Å². The summed E-state index contributed by atoms with van der Waals surface area (Å²) in [6.07, 6.45) is 2.21. The van der Waals surface area contributed by atoms with Gasteiger partial charge in [0.1, 0.15) is 12.6 Å². The van der Waals surface area contributed by atoms with Crippen LogP contribution in [-0.4, -0.2) is 37.3 Å². The molecule has 25 heavy (non-hydrogen) atoms. The molecule has 1 aromatic carbocycles. The van der Waals surface area contributed by atoms with E-state index in [1.807, 2.05) is 13.1 Å². The SMILES string of the molecule is Cc1ncc(-c2ccc(C3NCCN3)cc2)n1COCC[Si](C)(C)C. The molecule has 0 unspecified atom stereocenters. The van der Waals surface area contributed by atoms with Gasteiger partial charge in [0.2, 0.25) is 0 Å². The van der Waals surface area contributed by atoms with Crippen molar-refractivity contribution in [1.29, 1.82) is 0 Å². The second kappa shape index (κ2) is 7.82. The van der Waals surface area contributed by atoms with Gasteiger partial charge in [-0.15, -0.1) is 0 Å². The number of hydrogen-bond acceptors (Lipinski definition) is 4. The van der Waals surface area contributed by atoms with Crippen molar-refractivity contribution in [2.24, 2.45) is 0 Å². The highest BCUT2D eigenvalue weighted by Gasteiger charge is 2.16. The number of hydrogen-bond donors (Lipinski definition) is 2. The number of aryl methyl sites for hydroxylation is 1. The summed E-state index contributed by atoms with van der Waals surface area (Å²) in [6.45, 7) is 12.6. The van der Waals surface area contributed by atoms with E-state index < -0.39 is 8.07 Å². The largest absolute Gasteiger partial charge is 0.361 e. The molecule has 5 nitrogen and oxygen atoms in total. The van der Waals surface area contributed by atoms with Gasteiger partial charge in [0, 0.05) is 27.8 Å². The van der Waals surface area contributed by atoms with Gasteiger partial charge in [-0.3, -0.25) is 10.6 Å². The molecule has 1 aromatic heterocycles. The molecule has 0 aliphatic carbocycles. The van der Waals surface area contributed by atoms with Gasteiger partial charge in [-0.05, 0) is 24.1 Å². The topological polar surface area (TPSA) is 51.1 Å². The molecule has 0 atom stereocenters. The Labute approximate surface area is 151 Å². The molecule has 136 valence electrons. The zero-order valence-corrected chi connectivity index (χ0v) is 16.8. The smallest absolute Gasteiger partial charge is 0.124 e. The maximum atomic E-state index is 5.94. The highest BCUT2D eigenvalue weighted by Crippen LogP contribution is 2.23. The molecule has 0 spiro atoms. The number of aromatic nitrogens is 2. The molecular formula is C19H30N4OSi. The lowest BCUT2D eigenvalue weighted by Crippen LogP contribution is -2.22. The Morgan fingerprint density at radius 3 is 2.48 bits per heavy atom. The summed E-state index contributed by atoms with van der Waals surface area (Å²) < 4.78 is 8.10. The van der Waals surface area contributed by atoms with Crippen molar-refractivity contribution in [3.63, 3.8) is 0 Å². The standard InChI is InChI=1S/C19H30N4OSi/c1-15-22-13-18(23(15)14-24-11-12-25(2,3)4)16-5-7-17(8-6-16)19-20-9-10-21-19/h5-8,13,19-21H,9-12,14H2,1-4H3. The van der Waals surface area contributed by atoms with E-state index in [1.165, 1.54) is 17.2 Å². The molecule has 3 rings (SSSR count). The van der Waals surface area contributed by atoms with E-state index in [0.717, 1.165) is 31.2 Å². The number of rotatable bonds is 7. The van der Waals surface area contributed by atoms with Crippen molar-refractivity contribution in [2.45, 2.75) is 45.5 Å². The quantitative estimate of drug-likeness (QED) is 0.589. The second-order valence-electron chi connectivity index (χ2n) is 7.93. The monoisotopic (exact) mass is 358 g/mol. The lowest BCUT2D eigenvalue weighted by molar-refractivity contribution is 0.0868. The Bertz CT molecular complexity index is 684. The molecule has 0 saturated carbocycles. The van der Waals surface area contributed by atoms with Gasteiger partial charge in [0.05, 0.1) is 18.1 Å². The molecule has 1 aliphatic heterocycles. The highest BCUT2D eigenvalue weighted by molar-refractivity contribution is 6.76. The number of ether oxygens (including phenoxy) is 1. The normalized spacial score (nSPS) is 15.8. The van der Waals surface area contributed by atoms with Crippen LogP contribution in [-0.2, 0) is 11.5 Å². The maximum absolute atomic E-state index is 5.94. The second-order valence-corrected chi connectivity index (χ2v) is 13.6. The van der Waals surface area contributed by atoms with Crippen LogP contribution < -0.4 is 10.6 Å². The van der Waals surface area contributed by atoms with Gasteiger partial charge in [-0.1, -0.05) is 43.9 Å². The minimum atomic E-state index is -1.05. The highest BCUT2D eigenvalue weighted by atomic mass is 28.3. The predicted octanol–water partition coefficient (Wildman–Crippen LogP) is 3.36. The van der Waals surface area contributed by atoms with Crippen LogP contribution in [0.1, 0.15) is 17.6 Å². The van der Waals surface area contributed by atoms with Crippen LogP contribution in [0.2, 0.25) is 25.7 Å². The first-order valence-electron chi connectivity index (χ1n) is 9.11. The van der Waals surface area contributed by atoms with Gasteiger partial charge >= 0.3 is 0 Å². The van der Waals surface area contributed by atoms with E-state index in [4.69, 9.17) is 4.74 Å². The third-order valence-electron chi connectivity index (χ3n) is 4.63. The Kier molecular flexibility index (Phi) is 5.73. The van der Waals surface area contributed by atoms with Crippen LogP contribution in [0.4, 0.5) is 0 Å². The predicted molar refractivity (Wildman–Crippen MR) is 105 cm³/mol. The van der Waals surface area contributed by atoms with Gasteiger partial charge in [-0.2, -0.15) is 0 Å². The fourth-order valence-corrected chi connectivity index (χ4v) is 3.74. The average Bonchev–Trinajstić information content (AvgIpc) is 3.21. The molecule has 2 heterocycles. The Balaban J connectivity index is 1.68. The fourth-order valence-electron chi connectivity index (χ4n) is 2.98. The average molecular weight is 359 g/mol. The maximum Gasteiger partial charge on any atom is 0.124 e. The van der Waals surface area contributed by atoms with Gasteiger partial charge in [0.25, 0.3) is 0 Å². The van der Waals surface area contributed by atoms with Crippen molar-refractivity contribution >= 4 is 8.07 Å². The van der Waals surface area contributed by atoms with E-state index in [2.05, 4.69) is 64.1 Å². The first-order valence-corrected chi connectivity index (χ1v) is 12.8. The number of benzene rings is 1. The van der Waals surface area contributed by atoms with Crippen LogP contribution >= 0.6 is 0 Å². The van der Waals surface area contributed by atoms with Crippen LogP contribution in [0, 0.1) is 6.92 Å². The molecule has 2 N–H and O–H groups in total. The molecule has 1 saturated heterocycles. The summed E-state index contributed by atoms with van der Waals surface area (Å²) in [5.74, 6) is 0.992. The summed E-state index contributed by atoms with van der Waals surface area (Å²) in [6, 6.07) is 9.90. The number of imidazole rings is 1. The molecule has 1 aliphatic rings. The van der Waals surface area contributed by atoms with Crippen molar-refractivity contribution in [3.05, 3.63) is 41.9 Å². The van der Waals surface area contributed by atoms with Crippen LogP contribution in [0.25, 0.3) is 11.3 Å².